The van der Waals surface area contributed by atoms with Crippen molar-refractivity contribution in [3.8, 4) is 11.4 Å². The maximum absolute atomic E-state index is 5.46. The van der Waals surface area contributed by atoms with Crippen molar-refractivity contribution in [1.29, 1.82) is 0 Å². The molecule has 0 aromatic carbocycles. The zero-order valence-corrected chi connectivity index (χ0v) is 9.13. The van der Waals surface area contributed by atoms with Crippen molar-refractivity contribution >= 4 is 15.9 Å². The minimum Gasteiger partial charge on any atom is -0.360 e. The second-order valence-electron chi connectivity index (χ2n) is 2.97. The number of H-pyrrole nitrogens is 2. The Labute approximate surface area is 90.1 Å². The summed E-state index contributed by atoms with van der Waals surface area (Å²) in [5.74, 6) is 0.906. The Morgan fingerprint density at radius 2 is 2.36 bits per heavy atom. The van der Waals surface area contributed by atoms with Crippen LogP contribution in [0.15, 0.2) is 22.9 Å². The Hall–Kier alpha value is -1.07. The van der Waals surface area contributed by atoms with Gasteiger partial charge in [0.2, 0.25) is 0 Å². The fraction of sp³-hybridized carbons (Fsp3) is 0.222. The van der Waals surface area contributed by atoms with E-state index in [0.29, 0.717) is 6.54 Å². The maximum atomic E-state index is 5.46. The number of nitrogens with zero attached hydrogens (tertiary/aromatic N) is 1. The van der Waals surface area contributed by atoms with Crippen LogP contribution in [0.1, 0.15) is 5.82 Å². The Kier molecular flexibility index (Phi) is 2.69. The molecule has 0 radical (unpaired) electrons. The van der Waals surface area contributed by atoms with E-state index in [1.807, 2.05) is 18.3 Å². The Morgan fingerprint density at radius 3 is 3.00 bits per heavy atom. The lowest BCUT2D eigenvalue weighted by Crippen LogP contribution is -2.03. The summed E-state index contributed by atoms with van der Waals surface area (Å²) in [5.41, 5.74) is 7.35. The number of aromatic nitrogens is 3. The number of rotatable bonds is 3. The van der Waals surface area contributed by atoms with Gasteiger partial charge in [-0.25, -0.2) is 4.98 Å². The van der Waals surface area contributed by atoms with Crippen LogP contribution in [0, 0.1) is 0 Å². The number of hydrogen-bond donors (Lipinski definition) is 3. The van der Waals surface area contributed by atoms with Gasteiger partial charge in [0.15, 0.2) is 0 Å². The van der Waals surface area contributed by atoms with Crippen molar-refractivity contribution in [1.82, 2.24) is 15.0 Å². The molecule has 0 bridgehead atoms. The van der Waals surface area contributed by atoms with E-state index in [1.54, 1.807) is 0 Å². The van der Waals surface area contributed by atoms with Crippen LogP contribution in [0.25, 0.3) is 11.4 Å². The summed E-state index contributed by atoms with van der Waals surface area (Å²) in [6.45, 7) is 0.601. The minimum absolute atomic E-state index is 0.601. The third-order valence-electron chi connectivity index (χ3n) is 1.94. The number of halogens is 1. The minimum atomic E-state index is 0.601. The van der Waals surface area contributed by atoms with Gasteiger partial charge in [-0.3, -0.25) is 0 Å². The molecular formula is C9H11BrN4. The second kappa shape index (κ2) is 3.98. The highest BCUT2D eigenvalue weighted by Gasteiger charge is 2.09. The molecule has 14 heavy (non-hydrogen) atoms. The van der Waals surface area contributed by atoms with Crippen LogP contribution in [-0.4, -0.2) is 21.5 Å². The first kappa shape index (κ1) is 9.48. The molecule has 2 heterocycles. The topological polar surface area (TPSA) is 70.5 Å². The summed E-state index contributed by atoms with van der Waals surface area (Å²) < 4.78 is 0.892. The van der Waals surface area contributed by atoms with Gasteiger partial charge in [-0.15, -0.1) is 0 Å². The molecule has 0 aliphatic carbocycles. The normalized spacial score (nSPS) is 10.7. The molecule has 0 amide bonds. The highest BCUT2D eigenvalue weighted by Crippen LogP contribution is 2.24. The smallest absolute Gasteiger partial charge is 0.119 e. The quantitative estimate of drug-likeness (QED) is 0.780. The number of nitrogens with two attached hydrogens (primary N) is 1. The average molecular weight is 255 g/mol. The molecule has 0 atom stereocenters. The lowest BCUT2D eigenvalue weighted by Gasteiger charge is -1.90. The van der Waals surface area contributed by atoms with E-state index in [2.05, 4.69) is 30.9 Å². The van der Waals surface area contributed by atoms with Gasteiger partial charge in [-0.1, -0.05) is 0 Å². The number of aromatic amines is 2. The van der Waals surface area contributed by atoms with Crippen LogP contribution in [0.4, 0.5) is 0 Å². The zero-order valence-electron chi connectivity index (χ0n) is 7.55. The van der Waals surface area contributed by atoms with Crippen LogP contribution in [0.5, 0.6) is 0 Å². The first-order valence-corrected chi connectivity index (χ1v) is 5.19. The van der Waals surface area contributed by atoms with Crippen LogP contribution in [0.2, 0.25) is 0 Å². The summed E-state index contributed by atoms with van der Waals surface area (Å²) >= 11 is 3.43. The van der Waals surface area contributed by atoms with E-state index in [9.17, 15) is 0 Å². The second-order valence-corrected chi connectivity index (χ2v) is 3.76. The van der Waals surface area contributed by atoms with Gasteiger partial charge in [0.05, 0.1) is 5.69 Å². The van der Waals surface area contributed by atoms with Gasteiger partial charge < -0.3 is 15.7 Å². The van der Waals surface area contributed by atoms with Crippen molar-refractivity contribution in [2.24, 2.45) is 5.73 Å². The van der Waals surface area contributed by atoms with E-state index >= 15 is 0 Å². The molecule has 2 rings (SSSR count). The van der Waals surface area contributed by atoms with Crippen molar-refractivity contribution in [3.63, 3.8) is 0 Å². The summed E-state index contributed by atoms with van der Waals surface area (Å²) in [4.78, 5) is 10.7. The molecule has 0 saturated carbocycles. The SMILES string of the molecule is NCCc1nc(-c2ccc[nH]2)c(Br)[nH]1. The molecule has 0 spiro atoms. The van der Waals surface area contributed by atoms with Crippen molar-refractivity contribution in [2.75, 3.05) is 6.54 Å². The monoisotopic (exact) mass is 254 g/mol. The molecule has 0 fully saturated rings. The van der Waals surface area contributed by atoms with Gasteiger partial charge in [0.1, 0.15) is 16.1 Å². The number of hydrogen-bond acceptors (Lipinski definition) is 2. The number of nitrogens with one attached hydrogen (secondary N) is 2. The molecule has 0 unspecified atom stereocenters. The van der Waals surface area contributed by atoms with E-state index in [4.69, 9.17) is 5.73 Å². The molecule has 4 nitrogen and oxygen atoms in total. The summed E-state index contributed by atoms with van der Waals surface area (Å²) in [7, 11) is 0. The molecular weight excluding hydrogens is 244 g/mol. The molecule has 4 N–H and O–H groups in total. The first-order chi connectivity index (χ1) is 6.81. The highest BCUT2D eigenvalue weighted by atomic mass is 79.9. The largest absolute Gasteiger partial charge is 0.360 e. The van der Waals surface area contributed by atoms with Crippen LogP contribution >= 0.6 is 15.9 Å². The molecule has 5 heteroatoms. The van der Waals surface area contributed by atoms with Crippen LogP contribution < -0.4 is 5.73 Å². The lowest BCUT2D eigenvalue weighted by atomic mass is 10.3. The van der Waals surface area contributed by atoms with E-state index in [-0.39, 0.29) is 0 Å². The first-order valence-electron chi connectivity index (χ1n) is 4.39. The maximum Gasteiger partial charge on any atom is 0.119 e. The van der Waals surface area contributed by atoms with Gasteiger partial charge in [0.25, 0.3) is 0 Å². The van der Waals surface area contributed by atoms with E-state index < -0.39 is 0 Å². The zero-order chi connectivity index (χ0) is 9.97. The Balaban J connectivity index is 2.35. The third kappa shape index (κ3) is 1.73. The Bertz CT molecular complexity index is 404. The predicted molar refractivity (Wildman–Crippen MR) is 58.8 cm³/mol. The van der Waals surface area contributed by atoms with Gasteiger partial charge >= 0.3 is 0 Å². The molecule has 2 aromatic rings. The molecule has 0 aliphatic heterocycles. The average Bonchev–Trinajstić information content (AvgIpc) is 2.74. The predicted octanol–water partition coefficient (Wildman–Crippen LogP) is 1.67. The fourth-order valence-electron chi connectivity index (χ4n) is 1.31. The van der Waals surface area contributed by atoms with Gasteiger partial charge in [0, 0.05) is 12.6 Å². The highest BCUT2D eigenvalue weighted by molar-refractivity contribution is 9.10. The summed E-state index contributed by atoms with van der Waals surface area (Å²) in [5, 5.41) is 0. The van der Waals surface area contributed by atoms with E-state index in [0.717, 1.165) is 28.2 Å². The van der Waals surface area contributed by atoms with Gasteiger partial charge in [-0.05, 0) is 34.6 Å². The fourth-order valence-corrected chi connectivity index (χ4v) is 1.84. The molecule has 74 valence electrons. The van der Waals surface area contributed by atoms with Crippen molar-refractivity contribution < 1.29 is 0 Å². The summed E-state index contributed by atoms with van der Waals surface area (Å²) in [6.07, 6.45) is 2.64. The number of imidazole rings is 1. The van der Waals surface area contributed by atoms with Crippen LogP contribution in [0.3, 0.4) is 0 Å². The summed E-state index contributed by atoms with van der Waals surface area (Å²) in [6, 6.07) is 3.92. The molecule has 2 aromatic heterocycles. The van der Waals surface area contributed by atoms with Gasteiger partial charge in [-0.2, -0.15) is 0 Å². The molecule has 0 saturated heterocycles. The van der Waals surface area contributed by atoms with Crippen molar-refractivity contribution in [2.45, 2.75) is 6.42 Å². The van der Waals surface area contributed by atoms with Crippen LogP contribution in [-0.2, 0) is 6.42 Å². The standard InChI is InChI=1S/C9H11BrN4/c10-9-8(6-2-1-5-12-6)13-7(14-9)3-4-11/h1-2,5,12H,3-4,11H2,(H,13,14). The van der Waals surface area contributed by atoms with Crippen molar-refractivity contribution in [3.05, 3.63) is 28.8 Å². The lowest BCUT2D eigenvalue weighted by molar-refractivity contribution is 0.893. The Morgan fingerprint density at radius 1 is 1.50 bits per heavy atom. The third-order valence-corrected chi connectivity index (χ3v) is 2.52. The molecule has 0 aliphatic rings. The van der Waals surface area contributed by atoms with E-state index in [1.165, 1.54) is 0 Å².